The van der Waals surface area contributed by atoms with Crippen molar-refractivity contribution < 1.29 is 5.11 Å². The Morgan fingerprint density at radius 1 is 1.06 bits per heavy atom. The van der Waals surface area contributed by atoms with Crippen molar-refractivity contribution in [2.75, 3.05) is 13.1 Å². The number of aliphatic hydroxyl groups is 1. The second kappa shape index (κ2) is 5.41. The zero-order valence-electron chi connectivity index (χ0n) is 11.0. The van der Waals surface area contributed by atoms with Gasteiger partial charge in [0.15, 0.2) is 0 Å². The molecule has 1 aromatic rings. The lowest BCUT2D eigenvalue weighted by molar-refractivity contribution is 0.0181. The molecule has 3 rings (SSSR count). The summed E-state index contributed by atoms with van der Waals surface area (Å²) in [6, 6.07) is 10.8. The molecule has 0 aromatic heterocycles. The Balaban J connectivity index is 1.58. The van der Waals surface area contributed by atoms with Crippen LogP contribution in [-0.2, 0) is 6.54 Å². The minimum absolute atomic E-state index is 0.0214. The SMILES string of the molecule is OC1CCC2CN(Cc3ccccc3)CCC2C1. The average Bonchev–Trinajstić information content (AvgIpc) is 2.40. The molecule has 1 aromatic carbocycles. The summed E-state index contributed by atoms with van der Waals surface area (Å²) in [5, 5.41) is 9.74. The van der Waals surface area contributed by atoms with E-state index >= 15 is 0 Å². The number of fused-ring (bicyclic) bond motifs is 1. The van der Waals surface area contributed by atoms with Crippen LogP contribution < -0.4 is 0 Å². The number of piperidine rings is 1. The van der Waals surface area contributed by atoms with Crippen molar-refractivity contribution in [1.82, 2.24) is 4.90 Å². The Bertz CT molecular complexity index is 378. The standard InChI is InChI=1S/C16H23NO/c18-16-7-6-15-12-17(9-8-14(15)10-16)11-13-4-2-1-3-5-13/h1-5,14-16,18H,6-12H2. The summed E-state index contributed by atoms with van der Waals surface area (Å²) in [5.74, 6) is 1.60. The molecule has 3 unspecified atom stereocenters. The molecule has 1 aliphatic heterocycles. The number of likely N-dealkylation sites (tertiary alicyclic amines) is 1. The van der Waals surface area contributed by atoms with Gasteiger partial charge in [0.25, 0.3) is 0 Å². The van der Waals surface area contributed by atoms with Crippen LogP contribution in [0.15, 0.2) is 30.3 Å². The summed E-state index contributed by atoms with van der Waals surface area (Å²) in [6.07, 6.45) is 4.53. The summed E-state index contributed by atoms with van der Waals surface area (Å²) >= 11 is 0. The molecule has 2 fully saturated rings. The quantitative estimate of drug-likeness (QED) is 0.866. The van der Waals surface area contributed by atoms with Gasteiger partial charge < -0.3 is 5.11 Å². The molecule has 2 nitrogen and oxygen atoms in total. The Morgan fingerprint density at radius 3 is 2.72 bits per heavy atom. The fourth-order valence-corrected chi connectivity index (χ4v) is 3.65. The molecule has 0 bridgehead atoms. The molecule has 18 heavy (non-hydrogen) atoms. The zero-order chi connectivity index (χ0) is 12.4. The lowest BCUT2D eigenvalue weighted by Gasteiger charge is -2.42. The highest BCUT2D eigenvalue weighted by Gasteiger charge is 2.33. The van der Waals surface area contributed by atoms with E-state index < -0.39 is 0 Å². The van der Waals surface area contributed by atoms with Crippen LogP contribution in [0.2, 0.25) is 0 Å². The van der Waals surface area contributed by atoms with E-state index in [1.807, 2.05) is 0 Å². The summed E-state index contributed by atoms with van der Waals surface area (Å²) in [5.41, 5.74) is 1.42. The van der Waals surface area contributed by atoms with Crippen LogP contribution in [0.25, 0.3) is 0 Å². The predicted octanol–water partition coefficient (Wildman–Crippen LogP) is 2.67. The maximum absolute atomic E-state index is 9.74. The highest BCUT2D eigenvalue weighted by atomic mass is 16.3. The molecule has 1 saturated carbocycles. The van der Waals surface area contributed by atoms with Gasteiger partial charge in [-0.25, -0.2) is 0 Å². The molecule has 98 valence electrons. The molecule has 1 aliphatic carbocycles. The van der Waals surface area contributed by atoms with Crippen LogP contribution in [0.3, 0.4) is 0 Å². The highest BCUT2D eigenvalue weighted by molar-refractivity contribution is 5.14. The molecule has 2 heteroatoms. The third-order valence-corrected chi connectivity index (χ3v) is 4.67. The second-order valence-electron chi connectivity index (χ2n) is 6.00. The molecule has 0 radical (unpaired) electrons. The summed E-state index contributed by atoms with van der Waals surface area (Å²) in [4.78, 5) is 2.59. The Hall–Kier alpha value is -0.860. The molecule has 1 saturated heterocycles. The predicted molar refractivity (Wildman–Crippen MR) is 73.2 cm³/mol. The molecule has 0 spiro atoms. The maximum atomic E-state index is 9.74. The van der Waals surface area contributed by atoms with E-state index in [9.17, 15) is 5.11 Å². The minimum Gasteiger partial charge on any atom is -0.393 e. The van der Waals surface area contributed by atoms with Crippen molar-refractivity contribution >= 4 is 0 Å². The Morgan fingerprint density at radius 2 is 1.89 bits per heavy atom. The minimum atomic E-state index is -0.0214. The fourth-order valence-electron chi connectivity index (χ4n) is 3.65. The van der Waals surface area contributed by atoms with Crippen LogP contribution in [-0.4, -0.2) is 29.2 Å². The van der Waals surface area contributed by atoms with Gasteiger partial charge in [-0.05, 0) is 49.6 Å². The van der Waals surface area contributed by atoms with Crippen LogP contribution in [0, 0.1) is 11.8 Å². The van der Waals surface area contributed by atoms with Gasteiger partial charge in [-0.1, -0.05) is 30.3 Å². The molecule has 1 N–H and O–H groups in total. The van der Waals surface area contributed by atoms with E-state index in [-0.39, 0.29) is 6.10 Å². The van der Waals surface area contributed by atoms with Crippen molar-refractivity contribution in [2.24, 2.45) is 11.8 Å². The smallest absolute Gasteiger partial charge is 0.0543 e. The third-order valence-electron chi connectivity index (χ3n) is 4.67. The Kier molecular flexibility index (Phi) is 3.67. The lowest BCUT2D eigenvalue weighted by atomic mass is 9.74. The number of rotatable bonds is 2. The van der Waals surface area contributed by atoms with E-state index in [0.29, 0.717) is 0 Å². The number of aliphatic hydroxyl groups excluding tert-OH is 1. The number of hydrogen-bond donors (Lipinski definition) is 1. The molecular formula is C16H23NO. The van der Waals surface area contributed by atoms with Crippen molar-refractivity contribution in [3.8, 4) is 0 Å². The summed E-state index contributed by atoms with van der Waals surface area (Å²) in [6.45, 7) is 3.52. The third kappa shape index (κ3) is 2.76. The van der Waals surface area contributed by atoms with Gasteiger partial charge in [0.1, 0.15) is 0 Å². The first-order valence-corrected chi connectivity index (χ1v) is 7.25. The first-order chi connectivity index (χ1) is 8.81. The van der Waals surface area contributed by atoms with Gasteiger partial charge >= 0.3 is 0 Å². The molecule has 2 aliphatic rings. The largest absolute Gasteiger partial charge is 0.393 e. The number of hydrogen-bond acceptors (Lipinski definition) is 2. The van der Waals surface area contributed by atoms with Crippen molar-refractivity contribution in [3.05, 3.63) is 35.9 Å². The topological polar surface area (TPSA) is 23.5 Å². The van der Waals surface area contributed by atoms with Crippen LogP contribution in [0.1, 0.15) is 31.2 Å². The molecule has 1 heterocycles. The van der Waals surface area contributed by atoms with Gasteiger partial charge in [0.05, 0.1) is 6.10 Å². The van der Waals surface area contributed by atoms with Crippen molar-refractivity contribution in [1.29, 1.82) is 0 Å². The normalized spacial score (nSPS) is 33.1. The maximum Gasteiger partial charge on any atom is 0.0543 e. The number of nitrogens with zero attached hydrogens (tertiary/aromatic N) is 1. The lowest BCUT2D eigenvalue weighted by Crippen LogP contribution is -2.43. The van der Waals surface area contributed by atoms with Crippen LogP contribution >= 0.6 is 0 Å². The summed E-state index contributed by atoms with van der Waals surface area (Å²) < 4.78 is 0. The van der Waals surface area contributed by atoms with Crippen LogP contribution in [0.4, 0.5) is 0 Å². The van der Waals surface area contributed by atoms with E-state index in [1.165, 1.54) is 31.5 Å². The summed E-state index contributed by atoms with van der Waals surface area (Å²) in [7, 11) is 0. The van der Waals surface area contributed by atoms with Crippen molar-refractivity contribution in [3.63, 3.8) is 0 Å². The zero-order valence-corrected chi connectivity index (χ0v) is 11.0. The molecular weight excluding hydrogens is 222 g/mol. The molecule has 3 atom stereocenters. The first kappa shape index (κ1) is 12.2. The fraction of sp³-hybridized carbons (Fsp3) is 0.625. The van der Waals surface area contributed by atoms with Gasteiger partial charge in [-0.15, -0.1) is 0 Å². The van der Waals surface area contributed by atoms with Crippen molar-refractivity contribution in [2.45, 2.75) is 38.3 Å². The monoisotopic (exact) mass is 245 g/mol. The van der Waals surface area contributed by atoms with Gasteiger partial charge in [-0.2, -0.15) is 0 Å². The van der Waals surface area contributed by atoms with Gasteiger partial charge in [0, 0.05) is 13.1 Å². The highest BCUT2D eigenvalue weighted by Crippen LogP contribution is 2.36. The van der Waals surface area contributed by atoms with Gasteiger partial charge in [-0.3, -0.25) is 4.90 Å². The van der Waals surface area contributed by atoms with E-state index in [0.717, 1.165) is 31.2 Å². The van der Waals surface area contributed by atoms with E-state index in [2.05, 4.69) is 35.2 Å². The van der Waals surface area contributed by atoms with Crippen LogP contribution in [0.5, 0.6) is 0 Å². The Labute approximate surface area is 110 Å². The van der Waals surface area contributed by atoms with Gasteiger partial charge in [0.2, 0.25) is 0 Å². The number of benzene rings is 1. The second-order valence-corrected chi connectivity index (χ2v) is 6.00. The van der Waals surface area contributed by atoms with E-state index in [4.69, 9.17) is 0 Å². The van der Waals surface area contributed by atoms with E-state index in [1.54, 1.807) is 0 Å². The molecule has 0 amide bonds. The first-order valence-electron chi connectivity index (χ1n) is 7.25. The average molecular weight is 245 g/mol.